The van der Waals surface area contributed by atoms with Gasteiger partial charge in [0.25, 0.3) is 0 Å². The highest BCUT2D eigenvalue weighted by Gasteiger charge is 2.29. The number of aromatic nitrogens is 1. The minimum absolute atomic E-state index is 0.124. The van der Waals surface area contributed by atoms with Crippen LogP contribution in [0.25, 0.3) is 11.1 Å². The first-order valence-corrected chi connectivity index (χ1v) is 9.61. The average molecular weight is 433 g/mol. The number of hydrogen-bond donors (Lipinski definition) is 1. The van der Waals surface area contributed by atoms with Crippen molar-refractivity contribution in [2.45, 2.75) is 27.2 Å². The van der Waals surface area contributed by atoms with Crippen LogP contribution in [0.15, 0.2) is 48.7 Å². The largest absolute Gasteiger partial charge is 0.324 e. The van der Waals surface area contributed by atoms with Crippen molar-refractivity contribution in [2.24, 2.45) is 5.41 Å². The van der Waals surface area contributed by atoms with E-state index < -0.39 is 17.0 Å². The van der Waals surface area contributed by atoms with E-state index in [0.29, 0.717) is 27.9 Å². The summed E-state index contributed by atoms with van der Waals surface area (Å²) in [5.74, 6) is -2.13. The Labute approximate surface area is 177 Å². The molecule has 7 heteroatoms. The molecule has 3 aromatic rings. The number of carbonyl (C=O) groups excluding carboxylic acids is 1. The van der Waals surface area contributed by atoms with Crippen LogP contribution in [-0.2, 0) is 11.2 Å². The molecule has 0 saturated carbocycles. The van der Waals surface area contributed by atoms with Gasteiger partial charge in [-0.25, -0.2) is 18.2 Å². The number of hydrogen-bond acceptors (Lipinski definition) is 2. The molecule has 0 fully saturated rings. The van der Waals surface area contributed by atoms with Crippen LogP contribution in [0.4, 0.5) is 18.9 Å². The van der Waals surface area contributed by atoms with Crippen molar-refractivity contribution in [3.63, 3.8) is 0 Å². The molecule has 1 aromatic heterocycles. The molecule has 1 heterocycles. The molecule has 0 atom stereocenters. The van der Waals surface area contributed by atoms with Gasteiger partial charge in [-0.15, -0.1) is 0 Å². The minimum Gasteiger partial charge on any atom is -0.324 e. The zero-order valence-electron chi connectivity index (χ0n) is 16.7. The second kappa shape index (κ2) is 8.48. The molecule has 3 rings (SSSR count). The smallest absolute Gasteiger partial charge is 0.230 e. The Morgan fingerprint density at radius 1 is 1.00 bits per heavy atom. The second-order valence-electron chi connectivity index (χ2n) is 7.80. The zero-order valence-corrected chi connectivity index (χ0v) is 17.4. The van der Waals surface area contributed by atoms with Crippen molar-refractivity contribution in [1.82, 2.24) is 4.98 Å². The maximum Gasteiger partial charge on any atom is 0.230 e. The third kappa shape index (κ3) is 5.00. The van der Waals surface area contributed by atoms with Gasteiger partial charge in [-0.05, 0) is 60.4 Å². The van der Waals surface area contributed by atoms with Gasteiger partial charge in [0.15, 0.2) is 0 Å². The topological polar surface area (TPSA) is 42.0 Å². The fraction of sp³-hybridized carbons (Fsp3) is 0.217. The number of carbonyl (C=O) groups is 1. The molecule has 156 valence electrons. The van der Waals surface area contributed by atoms with Crippen LogP contribution in [0.3, 0.4) is 0 Å². The number of nitrogens with zero attached hydrogens (tertiary/aromatic N) is 1. The molecule has 30 heavy (non-hydrogen) atoms. The van der Waals surface area contributed by atoms with Gasteiger partial charge < -0.3 is 5.32 Å². The van der Waals surface area contributed by atoms with Crippen molar-refractivity contribution in [2.75, 3.05) is 5.32 Å². The van der Waals surface area contributed by atoms with E-state index in [1.165, 1.54) is 30.5 Å². The molecule has 0 bridgehead atoms. The highest BCUT2D eigenvalue weighted by Crippen LogP contribution is 2.34. The number of benzene rings is 2. The molecule has 0 spiro atoms. The lowest BCUT2D eigenvalue weighted by molar-refractivity contribution is -0.123. The van der Waals surface area contributed by atoms with E-state index in [1.807, 2.05) is 0 Å². The third-order valence-electron chi connectivity index (χ3n) is 4.78. The summed E-state index contributed by atoms with van der Waals surface area (Å²) in [6.45, 7) is 5.11. The molecule has 3 nitrogen and oxygen atoms in total. The van der Waals surface area contributed by atoms with Crippen molar-refractivity contribution < 1.29 is 18.0 Å². The van der Waals surface area contributed by atoms with Crippen LogP contribution in [0, 0.1) is 29.8 Å². The summed E-state index contributed by atoms with van der Waals surface area (Å²) in [6.07, 6.45) is 1.55. The van der Waals surface area contributed by atoms with Gasteiger partial charge >= 0.3 is 0 Å². The van der Waals surface area contributed by atoms with E-state index in [9.17, 15) is 18.0 Å². The predicted molar refractivity (Wildman–Crippen MR) is 112 cm³/mol. The average Bonchev–Trinajstić information content (AvgIpc) is 2.62. The quantitative estimate of drug-likeness (QED) is 0.478. The van der Waals surface area contributed by atoms with Gasteiger partial charge in [-0.1, -0.05) is 31.5 Å². The number of pyridine rings is 1. The van der Waals surface area contributed by atoms with Crippen molar-refractivity contribution in [3.05, 3.63) is 82.4 Å². The van der Waals surface area contributed by atoms with Crippen molar-refractivity contribution >= 4 is 23.2 Å². The molecule has 0 aliphatic rings. The van der Waals surface area contributed by atoms with Crippen LogP contribution >= 0.6 is 11.6 Å². The number of rotatable bonds is 5. The fourth-order valence-corrected chi connectivity index (χ4v) is 3.43. The molecule has 1 amide bonds. The number of halogens is 4. The molecule has 0 saturated heterocycles. The first-order valence-electron chi connectivity index (χ1n) is 9.24. The van der Waals surface area contributed by atoms with Crippen LogP contribution in [0.1, 0.15) is 25.0 Å². The second-order valence-corrected chi connectivity index (χ2v) is 8.19. The van der Waals surface area contributed by atoms with E-state index in [1.54, 1.807) is 32.9 Å². The van der Waals surface area contributed by atoms with Gasteiger partial charge in [-0.3, -0.25) is 4.79 Å². The Balaban J connectivity index is 1.90. The zero-order chi connectivity index (χ0) is 22.1. The fourth-order valence-electron chi connectivity index (χ4n) is 3.28. The van der Waals surface area contributed by atoms with Gasteiger partial charge in [0.1, 0.15) is 22.6 Å². The lowest BCUT2D eigenvalue weighted by Crippen LogP contribution is -2.33. The Bertz CT molecular complexity index is 1100. The summed E-state index contributed by atoms with van der Waals surface area (Å²) in [5.41, 5.74) is 1.75. The highest BCUT2D eigenvalue weighted by atomic mass is 35.5. The lowest BCUT2D eigenvalue weighted by Gasteiger charge is -2.25. The van der Waals surface area contributed by atoms with Crippen LogP contribution < -0.4 is 5.32 Å². The SMILES string of the molecule is Cc1cc(F)ccc1-c1cc(Cl)ncc1NC(=O)C(C)(C)Cc1cc(F)cc(F)c1. The Morgan fingerprint density at radius 2 is 1.67 bits per heavy atom. The summed E-state index contributed by atoms with van der Waals surface area (Å²) in [5, 5.41) is 3.05. The highest BCUT2D eigenvalue weighted by molar-refractivity contribution is 6.29. The maximum atomic E-state index is 13.5. The molecule has 2 aromatic carbocycles. The van der Waals surface area contributed by atoms with Crippen LogP contribution in [-0.4, -0.2) is 10.9 Å². The summed E-state index contributed by atoms with van der Waals surface area (Å²) < 4.78 is 40.5. The number of amides is 1. The van der Waals surface area contributed by atoms with E-state index >= 15 is 0 Å². The molecule has 0 radical (unpaired) electrons. The number of anilines is 1. The molecule has 0 aliphatic carbocycles. The van der Waals surface area contributed by atoms with E-state index in [-0.39, 0.29) is 23.3 Å². The van der Waals surface area contributed by atoms with Crippen molar-refractivity contribution in [1.29, 1.82) is 0 Å². The molecular formula is C23H20ClF3N2O. The summed E-state index contributed by atoms with van der Waals surface area (Å²) in [4.78, 5) is 17.0. The van der Waals surface area contributed by atoms with E-state index in [2.05, 4.69) is 10.3 Å². The van der Waals surface area contributed by atoms with Gasteiger partial charge in [-0.2, -0.15) is 0 Å². The Hall–Kier alpha value is -2.86. The predicted octanol–water partition coefficient (Wildman–Crippen LogP) is 6.34. The molecule has 1 N–H and O–H groups in total. The summed E-state index contributed by atoms with van der Waals surface area (Å²) >= 11 is 6.04. The number of nitrogens with one attached hydrogen (secondary N) is 1. The van der Waals surface area contributed by atoms with Crippen LogP contribution in [0.5, 0.6) is 0 Å². The lowest BCUT2D eigenvalue weighted by atomic mass is 9.84. The molecule has 0 aliphatic heterocycles. The first-order chi connectivity index (χ1) is 14.0. The van der Waals surface area contributed by atoms with Gasteiger partial charge in [0.05, 0.1) is 11.9 Å². The van der Waals surface area contributed by atoms with Crippen molar-refractivity contribution in [3.8, 4) is 11.1 Å². The van der Waals surface area contributed by atoms with E-state index in [4.69, 9.17) is 11.6 Å². The van der Waals surface area contributed by atoms with E-state index in [0.717, 1.165) is 6.07 Å². The third-order valence-corrected chi connectivity index (χ3v) is 4.99. The molecule has 0 unspecified atom stereocenters. The van der Waals surface area contributed by atoms with Gasteiger partial charge in [0, 0.05) is 17.0 Å². The van der Waals surface area contributed by atoms with Crippen LogP contribution in [0.2, 0.25) is 5.15 Å². The first kappa shape index (κ1) is 21.8. The Kier molecular flexibility index (Phi) is 6.17. The monoisotopic (exact) mass is 432 g/mol. The number of aryl methyl sites for hydroxylation is 1. The summed E-state index contributed by atoms with van der Waals surface area (Å²) in [6, 6.07) is 9.10. The standard InChI is InChI=1S/C23H20ClF3N2O/c1-13-6-15(25)4-5-18(13)19-10-21(24)28-12-20(19)29-22(30)23(2,3)11-14-7-16(26)9-17(27)8-14/h4-10,12H,11H2,1-3H3,(H,29,30). The Morgan fingerprint density at radius 3 is 2.30 bits per heavy atom. The van der Waals surface area contributed by atoms with Gasteiger partial charge in [0.2, 0.25) is 5.91 Å². The minimum atomic E-state index is -0.977. The summed E-state index contributed by atoms with van der Waals surface area (Å²) in [7, 11) is 0. The maximum absolute atomic E-state index is 13.5. The molecular weight excluding hydrogens is 413 g/mol. The normalized spacial score (nSPS) is 11.4.